The normalized spacial score (nSPS) is 18.0. The van der Waals surface area contributed by atoms with Gasteiger partial charge < -0.3 is 4.90 Å². The number of rotatable bonds is 3. The minimum absolute atomic E-state index is 0.0323. The summed E-state index contributed by atoms with van der Waals surface area (Å²) in [7, 11) is 0. The van der Waals surface area contributed by atoms with Gasteiger partial charge in [0, 0.05) is 12.6 Å². The zero-order valence-corrected chi connectivity index (χ0v) is 11.9. The van der Waals surface area contributed by atoms with Crippen molar-refractivity contribution in [2.45, 2.75) is 25.8 Å². The van der Waals surface area contributed by atoms with E-state index in [4.69, 9.17) is 0 Å². The third kappa shape index (κ3) is 2.72. The molecule has 1 aliphatic heterocycles. The summed E-state index contributed by atoms with van der Waals surface area (Å²) in [6, 6.07) is 12.1. The van der Waals surface area contributed by atoms with E-state index < -0.39 is 4.92 Å². The largest absolute Gasteiger partial charge is 0.350 e. The zero-order chi connectivity index (χ0) is 14.8. The van der Waals surface area contributed by atoms with Crippen LogP contribution in [-0.4, -0.2) is 16.5 Å². The lowest BCUT2D eigenvalue weighted by atomic mass is 10.0. The molecule has 1 fully saturated rings. The fourth-order valence-corrected chi connectivity index (χ4v) is 2.83. The van der Waals surface area contributed by atoms with E-state index in [0.717, 1.165) is 25.2 Å². The van der Waals surface area contributed by atoms with Crippen LogP contribution in [0.1, 0.15) is 30.0 Å². The van der Waals surface area contributed by atoms with Crippen molar-refractivity contribution in [3.05, 3.63) is 63.8 Å². The molecule has 0 spiro atoms. The van der Waals surface area contributed by atoms with Gasteiger partial charge in [-0.2, -0.15) is 0 Å². The van der Waals surface area contributed by atoms with E-state index in [1.807, 2.05) is 0 Å². The molecule has 2 heterocycles. The van der Waals surface area contributed by atoms with Gasteiger partial charge in [0.15, 0.2) is 0 Å². The molecule has 5 nitrogen and oxygen atoms in total. The summed E-state index contributed by atoms with van der Waals surface area (Å²) in [6.45, 7) is 3.01. The Labute approximate surface area is 123 Å². The summed E-state index contributed by atoms with van der Waals surface area (Å²) >= 11 is 0. The number of hydrogen-bond acceptors (Lipinski definition) is 4. The first kappa shape index (κ1) is 13.5. The monoisotopic (exact) mass is 283 g/mol. The van der Waals surface area contributed by atoms with Gasteiger partial charge in [0.1, 0.15) is 12.0 Å². The second-order valence-electron chi connectivity index (χ2n) is 5.39. The predicted molar refractivity (Wildman–Crippen MR) is 81.4 cm³/mol. The van der Waals surface area contributed by atoms with Gasteiger partial charge in [0.05, 0.1) is 11.0 Å². The molecule has 0 N–H and O–H groups in total. The topological polar surface area (TPSA) is 59.3 Å². The molecule has 1 aromatic heterocycles. The molecule has 0 amide bonds. The van der Waals surface area contributed by atoms with Gasteiger partial charge in [-0.05, 0) is 31.4 Å². The Morgan fingerprint density at radius 3 is 2.62 bits per heavy atom. The van der Waals surface area contributed by atoms with Crippen LogP contribution in [-0.2, 0) is 0 Å². The van der Waals surface area contributed by atoms with Crippen LogP contribution in [0.2, 0.25) is 0 Å². The molecule has 21 heavy (non-hydrogen) atoms. The smallest absolute Gasteiger partial charge is 0.287 e. The number of benzene rings is 1. The van der Waals surface area contributed by atoms with Crippen molar-refractivity contribution in [1.82, 2.24) is 4.98 Å². The first-order valence-electron chi connectivity index (χ1n) is 7.09. The molecule has 1 unspecified atom stereocenters. The molecule has 1 atom stereocenters. The van der Waals surface area contributed by atoms with E-state index in [-0.39, 0.29) is 5.69 Å². The third-order valence-electron chi connectivity index (χ3n) is 3.95. The summed E-state index contributed by atoms with van der Waals surface area (Å²) in [6.07, 6.45) is 3.53. The molecule has 1 aromatic carbocycles. The average Bonchev–Trinajstić information content (AvgIpc) is 2.97. The van der Waals surface area contributed by atoms with Gasteiger partial charge >= 0.3 is 0 Å². The van der Waals surface area contributed by atoms with E-state index >= 15 is 0 Å². The lowest BCUT2D eigenvalue weighted by molar-refractivity contribution is -0.385. The van der Waals surface area contributed by atoms with Crippen molar-refractivity contribution in [3.8, 4) is 0 Å². The molecule has 3 rings (SSSR count). The van der Waals surface area contributed by atoms with Crippen molar-refractivity contribution in [2.75, 3.05) is 11.4 Å². The zero-order valence-electron chi connectivity index (χ0n) is 11.9. The highest BCUT2D eigenvalue weighted by atomic mass is 16.6. The number of nitrogens with zero attached hydrogens (tertiary/aromatic N) is 3. The van der Waals surface area contributed by atoms with Crippen LogP contribution in [0.25, 0.3) is 0 Å². The summed E-state index contributed by atoms with van der Waals surface area (Å²) < 4.78 is 0. The number of anilines is 1. The van der Waals surface area contributed by atoms with Crippen LogP contribution in [0.15, 0.2) is 42.6 Å². The van der Waals surface area contributed by atoms with Crippen molar-refractivity contribution < 1.29 is 4.92 Å². The first-order chi connectivity index (χ1) is 10.1. The molecule has 1 saturated heterocycles. The lowest BCUT2D eigenvalue weighted by Crippen LogP contribution is -2.23. The fraction of sp³-hybridized carbons (Fsp3) is 0.312. The molecule has 0 radical (unpaired) electrons. The molecular formula is C16H17N3O2. The molecule has 1 aliphatic rings. The Hall–Kier alpha value is -2.43. The Bertz CT molecular complexity index is 638. The number of aromatic nitrogens is 1. The van der Waals surface area contributed by atoms with E-state index in [9.17, 15) is 10.1 Å². The SMILES string of the molecule is Cc1ccc(C2CCCN2c2ccc([N+](=O)[O-])cn2)cc1. The standard InChI is InChI=1S/C16H17N3O2/c1-12-4-6-13(7-5-12)15-3-2-10-18(15)16-9-8-14(11-17-16)19(20)21/h4-9,11,15H,2-3,10H2,1H3. The van der Waals surface area contributed by atoms with Gasteiger partial charge in [0.2, 0.25) is 0 Å². The number of aryl methyl sites for hydroxylation is 1. The van der Waals surface area contributed by atoms with Crippen LogP contribution in [0.5, 0.6) is 0 Å². The minimum atomic E-state index is -0.418. The minimum Gasteiger partial charge on any atom is -0.350 e. The summed E-state index contributed by atoms with van der Waals surface area (Å²) in [5.74, 6) is 0.809. The van der Waals surface area contributed by atoms with Crippen LogP contribution in [0.4, 0.5) is 11.5 Å². The quantitative estimate of drug-likeness (QED) is 0.637. The Balaban J connectivity index is 1.86. The van der Waals surface area contributed by atoms with Crippen molar-refractivity contribution in [3.63, 3.8) is 0 Å². The van der Waals surface area contributed by atoms with E-state index in [1.54, 1.807) is 6.07 Å². The average molecular weight is 283 g/mol. The second-order valence-corrected chi connectivity index (χ2v) is 5.39. The molecule has 0 bridgehead atoms. The summed E-state index contributed by atoms with van der Waals surface area (Å²) in [5, 5.41) is 10.7. The predicted octanol–water partition coefficient (Wildman–Crippen LogP) is 3.64. The van der Waals surface area contributed by atoms with Crippen molar-refractivity contribution in [2.24, 2.45) is 0 Å². The first-order valence-corrected chi connectivity index (χ1v) is 7.09. The van der Waals surface area contributed by atoms with Crippen LogP contribution < -0.4 is 4.90 Å². The maximum absolute atomic E-state index is 10.7. The summed E-state index contributed by atoms with van der Waals surface area (Å²) in [4.78, 5) is 16.8. The number of hydrogen-bond donors (Lipinski definition) is 0. The maximum atomic E-state index is 10.7. The van der Waals surface area contributed by atoms with Crippen molar-refractivity contribution >= 4 is 11.5 Å². The molecule has 108 valence electrons. The second kappa shape index (κ2) is 5.52. The van der Waals surface area contributed by atoms with Crippen LogP contribution in [0.3, 0.4) is 0 Å². The van der Waals surface area contributed by atoms with Gasteiger partial charge in [-0.3, -0.25) is 10.1 Å². The van der Waals surface area contributed by atoms with Gasteiger partial charge in [-0.25, -0.2) is 4.98 Å². The Morgan fingerprint density at radius 1 is 1.24 bits per heavy atom. The molecular weight excluding hydrogens is 266 g/mol. The molecule has 5 heteroatoms. The molecule has 0 saturated carbocycles. The highest BCUT2D eigenvalue weighted by Crippen LogP contribution is 2.35. The van der Waals surface area contributed by atoms with Crippen LogP contribution >= 0.6 is 0 Å². The Morgan fingerprint density at radius 2 is 2.00 bits per heavy atom. The van der Waals surface area contributed by atoms with Gasteiger partial charge in [-0.1, -0.05) is 29.8 Å². The Kier molecular flexibility index (Phi) is 3.56. The number of pyridine rings is 1. The summed E-state index contributed by atoms with van der Waals surface area (Å²) in [5.41, 5.74) is 2.56. The molecule has 0 aliphatic carbocycles. The van der Waals surface area contributed by atoms with E-state index in [1.165, 1.54) is 23.4 Å². The van der Waals surface area contributed by atoms with Crippen molar-refractivity contribution in [1.29, 1.82) is 0 Å². The third-order valence-corrected chi connectivity index (χ3v) is 3.95. The lowest BCUT2D eigenvalue weighted by Gasteiger charge is -2.26. The highest BCUT2D eigenvalue weighted by Gasteiger charge is 2.27. The van der Waals surface area contributed by atoms with Crippen LogP contribution in [0, 0.1) is 17.0 Å². The van der Waals surface area contributed by atoms with Gasteiger partial charge in [0.25, 0.3) is 5.69 Å². The molecule has 2 aromatic rings. The number of nitro groups is 1. The van der Waals surface area contributed by atoms with E-state index in [2.05, 4.69) is 41.1 Å². The highest BCUT2D eigenvalue weighted by molar-refractivity contribution is 5.47. The fourth-order valence-electron chi connectivity index (χ4n) is 2.83. The van der Waals surface area contributed by atoms with Gasteiger partial charge in [-0.15, -0.1) is 0 Å². The van der Waals surface area contributed by atoms with E-state index in [0.29, 0.717) is 6.04 Å². The maximum Gasteiger partial charge on any atom is 0.287 e.